The Hall–Kier alpha value is -1.76. The maximum Gasteiger partial charge on any atom is 0.246 e. The second kappa shape index (κ2) is 13.6. The first-order valence-corrected chi connectivity index (χ1v) is 11.0. The summed E-state index contributed by atoms with van der Waals surface area (Å²) in [4.78, 5) is 20.3. The summed E-state index contributed by atoms with van der Waals surface area (Å²) in [6.07, 6.45) is 0. The summed E-state index contributed by atoms with van der Waals surface area (Å²) in [6, 6.07) is 10.1. The molecule has 7 nitrogen and oxygen atoms in total. The van der Waals surface area contributed by atoms with Gasteiger partial charge in [-0.3, -0.25) is 9.69 Å². The average Bonchev–Trinajstić information content (AvgIpc) is 3.29. The normalized spacial score (nSPS) is 15.6. The predicted octanol–water partition coefficient (Wildman–Crippen LogP) is 3.07. The number of hydrogen-bond acceptors (Lipinski definition) is 5. The van der Waals surface area contributed by atoms with Crippen LogP contribution in [-0.2, 0) is 9.53 Å². The molecule has 0 aliphatic carbocycles. The number of nitrogens with zero attached hydrogens (tertiary/aromatic N) is 2. The summed E-state index contributed by atoms with van der Waals surface area (Å²) < 4.78 is 18.5. The lowest BCUT2D eigenvalue weighted by molar-refractivity contribution is -0.114. The lowest BCUT2D eigenvalue weighted by Gasteiger charge is -2.34. The predicted molar refractivity (Wildman–Crippen MR) is 134 cm³/mol. The summed E-state index contributed by atoms with van der Waals surface area (Å²) >= 11 is 1.74. The van der Waals surface area contributed by atoms with Crippen molar-refractivity contribution in [1.29, 1.82) is 0 Å². The summed E-state index contributed by atoms with van der Waals surface area (Å²) in [6.45, 7) is 6.55. The van der Waals surface area contributed by atoms with Crippen molar-refractivity contribution in [3.8, 4) is 0 Å². The third-order valence-corrected chi connectivity index (χ3v) is 5.65. The minimum absolute atomic E-state index is 0. The maximum absolute atomic E-state index is 13.0. The number of thiophene rings is 1. The van der Waals surface area contributed by atoms with Crippen LogP contribution in [0.15, 0.2) is 46.8 Å². The summed E-state index contributed by atoms with van der Waals surface area (Å²) in [5.41, 5.74) is 0.541. The SMILES string of the molecule is CCNC(=NCC(=O)Nc1ccc(F)cc1)NCC(c1cccs1)N1CCOCC1.I. The van der Waals surface area contributed by atoms with Gasteiger partial charge in [0, 0.05) is 36.7 Å². The number of amides is 1. The minimum atomic E-state index is -0.342. The quantitative estimate of drug-likeness (QED) is 0.263. The first kappa shape index (κ1) is 25.5. The first-order chi connectivity index (χ1) is 14.7. The number of rotatable bonds is 8. The van der Waals surface area contributed by atoms with Gasteiger partial charge in [-0.2, -0.15) is 0 Å². The maximum atomic E-state index is 13.0. The Bertz CT molecular complexity index is 814. The fraction of sp³-hybridized carbons (Fsp3) is 0.429. The Morgan fingerprint density at radius 3 is 2.61 bits per heavy atom. The largest absolute Gasteiger partial charge is 0.379 e. The van der Waals surface area contributed by atoms with Gasteiger partial charge in [0.2, 0.25) is 5.91 Å². The molecular weight excluding hydrogens is 532 g/mol. The van der Waals surface area contributed by atoms with Crippen LogP contribution in [0.3, 0.4) is 0 Å². The van der Waals surface area contributed by atoms with Gasteiger partial charge in [-0.05, 0) is 42.6 Å². The Balaban J connectivity index is 0.00000341. The van der Waals surface area contributed by atoms with Crippen molar-refractivity contribution >= 4 is 52.9 Å². The van der Waals surface area contributed by atoms with E-state index in [1.165, 1.54) is 29.1 Å². The average molecular weight is 561 g/mol. The minimum Gasteiger partial charge on any atom is -0.379 e. The highest BCUT2D eigenvalue weighted by molar-refractivity contribution is 14.0. The fourth-order valence-corrected chi connectivity index (χ4v) is 4.06. The van der Waals surface area contributed by atoms with Crippen LogP contribution in [0.2, 0.25) is 0 Å². The Labute approximate surface area is 203 Å². The van der Waals surface area contributed by atoms with Crippen molar-refractivity contribution in [1.82, 2.24) is 15.5 Å². The molecular formula is C21H29FIN5O2S. The van der Waals surface area contributed by atoms with Crippen LogP contribution in [0.4, 0.5) is 10.1 Å². The van der Waals surface area contributed by atoms with Gasteiger partial charge in [0.25, 0.3) is 0 Å². The molecule has 1 amide bonds. The molecule has 1 fully saturated rings. The molecule has 170 valence electrons. The third-order valence-electron chi connectivity index (χ3n) is 4.67. The van der Waals surface area contributed by atoms with Crippen LogP contribution < -0.4 is 16.0 Å². The van der Waals surface area contributed by atoms with Gasteiger partial charge in [0.1, 0.15) is 12.4 Å². The number of halogens is 2. The highest BCUT2D eigenvalue weighted by Crippen LogP contribution is 2.25. The number of morpholine rings is 1. The van der Waals surface area contributed by atoms with Crippen LogP contribution in [0.1, 0.15) is 17.8 Å². The van der Waals surface area contributed by atoms with Gasteiger partial charge in [0.15, 0.2) is 5.96 Å². The molecule has 10 heteroatoms. The molecule has 0 spiro atoms. The number of hydrogen-bond donors (Lipinski definition) is 3. The van der Waals surface area contributed by atoms with E-state index in [1.54, 1.807) is 11.3 Å². The smallest absolute Gasteiger partial charge is 0.246 e. The van der Waals surface area contributed by atoms with E-state index >= 15 is 0 Å². The topological polar surface area (TPSA) is 78.0 Å². The van der Waals surface area contributed by atoms with E-state index in [-0.39, 0.29) is 48.3 Å². The first-order valence-electron chi connectivity index (χ1n) is 10.1. The number of carbonyl (C=O) groups is 1. The number of aliphatic imine (C=N–C) groups is 1. The Kier molecular flexibility index (Phi) is 11.2. The number of benzene rings is 1. The van der Waals surface area contributed by atoms with Crippen molar-refractivity contribution < 1.29 is 13.9 Å². The molecule has 0 bridgehead atoms. The molecule has 1 aromatic carbocycles. The lowest BCUT2D eigenvalue weighted by Crippen LogP contribution is -2.46. The van der Waals surface area contributed by atoms with Crippen LogP contribution in [0.5, 0.6) is 0 Å². The monoisotopic (exact) mass is 561 g/mol. The van der Waals surface area contributed by atoms with E-state index < -0.39 is 0 Å². The molecule has 1 aromatic heterocycles. The molecule has 0 saturated carbocycles. The molecule has 1 saturated heterocycles. The highest BCUT2D eigenvalue weighted by atomic mass is 127. The van der Waals surface area contributed by atoms with Crippen molar-refractivity contribution in [3.05, 3.63) is 52.5 Å². The number of anilines is 1. The van der Waals surface area contributed by atoms with Crippen molar-refractivity contribution in [2.75, 3.05) is 51.3 Å². The standard InChI is InChI=1S/C21H28FN5O2S.HI/c1-2-23-21(25-15-20(28)26-17-7-5-16(22)6-8-17)24-14-18(19-4-3-13-30-19)27-9-11-29-12-10-27;/h3-8,13,18H,2,9-12,14-15H2,1H3,(H,26,28)(H2,23,24,25);1H. The van der Waals surface area contributed by atoms with Crippen molar-refractivity contribution in [3.63, 3.8) is 0 Å². The van der Waals surface area contributed by atoms with Gasteiger partial charge in [-0.15, -0.1) is 35.3 Å². The zero-order valence-electron chi connectivity index (χ0n) is 17.5. The molecule has 3 rings (SSSR count). The number of carbonyl (C=O) groups excluding carboxylic acids is 1. The van der Waals surface area contributed by atoms with E-state index in [0.717, 1.165) is 26.3 Å². The fourth-order valence-electron chi connectivity index (χ4n) is 3.20. The van der Waals surface area contributed by atoms with Crippen molar-refractivity contribution in [2.24, 2.45) is 4.99 Å². The molecule has 1 atom stereocenters. The van der Waals surface area contributed by atoms with Crippen molar-refractivity contribution in [2.45, 2.75) is 13.0 Å². The van der Waals surface area contributed by atoms with E-state index in [0.29, 0.717) is 24.7 Å². The van der Waals surface area contributed by atoms with E-state index in [1.807, 2.05) is 6.92 Å². The van der Waals surface area contributed by atoms with Crippen LogP contribution >= 0.6 is 35.3 Å². The molecule has 1 aliphatic rings. The summed E-state index contributed by atoms with van der Waals surface area (Å²) in [7, 11) is 0. The van der Waals surface area contributed by atoms with E-state index in [4.69, 9.17) is 4.74 Å². The zero-order valence-corrected chi connectivity index (χ0v) is 20.6. The van der Waals surface area contributed by atoms with E-state index in [9.17, 15) is 9.18 Å². The highest BCUT2D eigenvalue weighted by Gasteiger charge is 2.23. The number of ether oxygens (including phenoxy) is 1. The Morgan fingerprint density at radius 1 is 1.23 bits per heavy atom. The van der Waals surface area contributed by atoms with Gasteiger partial charge in [-0.1, -0.05) is 6.07 Å². The van der Waals surface area contributed by atoms with Gasteiger partial charge in [0.05, 0.1) is 19.3 Å². The Morgan fingerprint density at radius 2 is 1.97 bits per heavy atom. The number of guanidine groups is 1. The van der Waals surface area contributed by atoms with Crippen LogP contribution in [-0.4, -0.2) is 62.7 Å². The summed E-state index contributed by atoms with van der Waals surface area (Å²) in [5.74, 6) is -0.0198. The second-order valence-electron chi connectivity index (χ2n) is 6.81. The zero-order chi connectivity index (χ0) is 21.2. The molecule has 1 unspecified atom stereocenters. The van der Waals surface area contributed by atoms with Gasteiger partial charge < -0.3 is 20.7 Å². The van der Waals surface area contributed by atoms with Crippen LogP contribution in [0.25, 0.3) is 0 Å². The van der Waals surface area contributed by atoms with Crippen LogP contribution in [0, 0.1) is 5.82 Å². The van der Waals surface area contributed by atoms with Gasteiger partial charge >= 0.3 is 0 Å². The molecule has 31 heavy (non-hydrogen) atoms. The molecule has 0 radical (unpaired) electrons. The second-order valence-corrected chi connectivity index (χ2v) is 7.79. The summed E-state index contributed by atoms with van der Waals surface area (Å²) in [5, 5.41) is 11.4. The molecule has 3 N–H and O–H groups in total. The molecule has 1 aliphatic heterocycles. The van der Waals surface area contributed by atoms with Gasteiger partial charge in [-0.25, -0.2) is 9.38 Å². The lowest BCUT2D eigenvalue weighted by atomic mass is 10.2. The molecule has 2 heterocycles. The number of nitrogens with one attached hydrogen (secondary N) is 3. The third kappa shape index (κ3) is 8.36. The molecule has 2 aromatic rings. The van der Waals surface area contributed by atoms with E-state index in [2.05, 4.69) is 43.4 Å².